The van der Waals surface area contributed by atoms with Crippen molar-refractivity contribution >= 4 is 17.2 Å². The third-order valence-electron chi connectivity index (χ3n) is 10.7. The van der Waals surface area contributed by atoms with Crippen LogP contribution in [-0.2, 0) is 21.4 Å². The van der Waals surface area contributed by atoms with E-state index in [4.69, 9.17) is 4.74 Å². The molecule has 1 saturated heterocycles. The van der Waals surface area contributed by atoms with Gasteiger partial charge in [0.05, 0.1) is 23.2 Å². The molecule has 0 bridgehead atoms. The average Bonchev–Trinajstić information content (AvgIpc) is 3.27. The Balaban J connectivity index is 1.45. The van der Waals surface area contributed by atoms with Crippen LogP contribution < -0.4 is 0 Å². The van der Waals surface area contributed by atoms with Crippen LogP contribution in [0.1, 0.15) is 77.5 Å². The first kappa shape index (κ1) is 20.9. The zero-order chi connectivity index (χ0) is 22.5. The number of fused-ring (bicyclic) bond motifs is 9. The molecule has 7 atom stereocenters. The second-order valence-corrected chi connectivity index (χ2v) is 12.2. The summed E-state index contributed by atoms with van der Waals surface area (Å²) in [5.74, 6) is 0.941. The largest absolute Gasteiger partial charge is 0.388 e. The predicted molar refractivity (Wildman–Crippen MR) is 126 cm³/mol. The van der Waals surface area contributed by atoms with E-state index in [0.29, 0.717) is 11.8 Å². The molecule has 2 aromatic rings. The van der Waals surface area contributed by atoms with E-state index < -0.39 is 11.0 Å². The molecule has 2 saturated carbocycles. The van der Waals surface area contributed by atoms with E-state index in [1.54, 1.807) is 0 Å². The van der Waals surface area contributed by atoms with Gasteiger partial charge in [-0.05, 0) is 87.7 Å². The van der Waals surface area contributed by atoms with Crippen LogP contribution >= 0.6 is 0 Å². The molecule has 4 nitrogen and oxygen atoms in total. The summed E-state index contributed by atoms with van der Waals surface area (Å²) in [6.07, 6.45) is 7.97. The number of benzene rings is 1. The Morgan fingerprint density at radius 1 is 1.12 bits per heavy atom. The summed E-state index contributed by atoms with van der Waals surface area (Å²) in [5, 5.41) is 12.0. The van der Waals surface area contributed by atoms with Crippen molar-refractivity contribution in [3.8, 4) is 0 Å². The maximum atomic E-state index is 12.9. The summed E-state index contributed by atoms with van der Waals surface area (Å²) in [4.78, 5) is 16.8. The molecule has 1 aromatic heterocycles. The molecule has 4 aliphatic rings. The lowest BCUT2D eigenvalue weighted by Gasteiger charge is -2.66. The molecule has 4 heteroatoms. The van der Waals surface area contributed by atoms with E-state index in [1.807, 2.05) is 13.8 Å². The number of aromatic nitrogens is 1. The number of nitrogens with one attached hydrogen (secondary N) is 1. The minimum absolute atomic E-state index is 0.0400. The Morgan fingerprint density at radius 2 is 1.91 bits per heavy atom. The van der Waals surface area contributed by atoms with Crippen LogP contribution in [0, 0.1) is 22.7 Å². The van der Waals surface area contributed by atoms with Crippen LogP contribution in [0.3, 0.4) is 0 Å². The fraction of sp³-hybridized carbons (Fsp3) is 0.679. The lowest BCUT2D eigenvalue weighted by Crippen LogP contribution is -2.66. The van der Waals surface area contributed by atoms with Crippen molar-refractivity contribution in [1.82, 2.24) is 4.98 Å². The van der Waals surface area contributed by atoms with E-state index in [0.717, 1.165) is 38.5 Å². The summed E-state index contributed by atoms with van der Waals surface area (Å²) in [6.45, 7) is 8.64. The zero-order valence-corrected chi connectivity index (χ0v) is 19.9. The van der Waals surface area contributed by atoms with E-state index in [1.165, 1.54) is 34.9 Å². The van der Waals surface area contributed by atoms with Crippen molar-refractivity contribution in [2.24, 2.45) is 22.7 Å². The second-order valence-electron chi connectivity index (χ2n) is 12.2. The first-order valence-corrected chi connectivity index (χ1v) is 12.6. The molecular formula is C28H37NO3. The number of H-pyrrole nitrogens is 1. The monoisotopic (exact) mass is 435 g/mol. The molecular weight excluding hydrogens is 398 g/mol. The number of para-hydroxylation sites is 1. The van der Waals surface area contributed by atoms with Crippen LogP contribution in [0.15, 0.2) is 24.3 Å². The fourth-order valence-electron chi connectivity index (χ4n) is 8.83. The van der Waals surface area contributed by atoms with Gasteiger partial charge in [0, 0.05) is 22.0 Å². The number of ether oxygens (including phenoxy) is 1. The smallest absolute Gasteiger partial charge is 0.129 e. The van der Waals surface area contributed by atoms with Gasteiger partial charge in [-0.25, -0.2) is 0 Å². The highest BCUT2D eigenvalue weighted by molar-refractivity contribution is 5.86. The fourth-order valence-corrected chi connectivity index (χ4v) is 8.83. The highest BCUT2D eigenvalue weighted by Gasteiger charge is 2.69. The Labute approximate surface area is 191 Å². The van der Waals surface area contributed by atoms with Gasteiger partial charge in [-0.1, -0.05) is 32.0 Å². The maximum Gasteiger partial charge on any atom is 0.129 e. The number of rotatable bonds is 2. The minimum atomic E-state index is -0.871. The summed E-state index contributed by atoms with van der Waals surface area (Å²) >= 11 is 0. The predicted octanol–water partition coefficient (Wildman–Crippen LogP) is 5.31. The van der Waals surface area contributed by atoms with Crippen LogP contribution in [-0.4, -0.2) is 34.2 Å². The highest BCUT2D eigenvalue weighted by atomic mass is 16.5. The Bertz CT molecular complexity index is 1080. The van der Waals surface area contributed by atoms with Crippen LogP contribution in [0.4, 0.5) is 0 Å². The van der Waals surface area contributed by atoms with Crippen molar-refractivity contribution in [3.63, 3.8) is 0 Å². The Hall–Kier alpha value is -1.65. The van der Waals surface area contributed by atoms with E-state index in [-0.39, 0.29) is 23.0 Å². The molecule has 2 heterocycles. The molecule has 2 N–H and O–H groups in total. The normalized spacial score (nSPS) is 43.3. The van der Waals surface area contributed by atoms with Crippen molar-refractivity contribution in [3.05, 3.63) is 35.5 Å². The maximum absolute atomic E-state index is 12.9. The number of aldehydes is 1. The molecule has 7 unspecified atom stereocenters. The van der Waals surface area contributed by atoms with E-state index in [9.17, 15) is 9.90 Å². The summed E-state index contributed by atoms with van der Waals surface area (Å²) in [6, 6.07) is 8.73. The van der Waals surface area contributed by atoms with Crippen molar-refractivity contribution in [1.29, 1.82) is 0 Å². The van der Waals surface area contributed by atoms with Crippen molar-refractivity contribution < 1.29 is 14.6 Å². The number of hydrogen-bond donors (Lipinski definition) is 2. The third-order valence-corrected chi connectivity index (χ3v) is 10.7. The zero-order valence-electron chi connectivity index (χ0n) is 19.9. The number of aliphatic hydroxyl groups is 1. The van der Waals surface area contributed by atoms with Gasteiger partial charge in [-0.15, -0.1) is 0 Å². The lowest BCUT2D eigenvalue weighted by molar-refractivity contribution is -0.240. The Kier molecular flexibility index (Phi) is 4.23. The molecule has 1 aliphatic heterocycles. The van der Waals surface area contributed by atoms with Gasteiger partial charge in [0.15, 0.2) is 0 Å². The number of carbonyl (C=O) groups excluding carboxylic acids is 1. The molecule has 3 aliphatic carbocycles. The standard InChI is InChI=1S/C28H37NO3/c1-25(2,31)22-12-14-28(16-30)21-10-9-17-15-19-18-7-5-6-8-20(18)29-24(19)27(17,4)26(21,3)13-11-23(28)32-22/h5-8,16-17,21-23,29,31H,9-15H2,1-4H3. The molecule has 0 spiro atoms. The average molecular weight is 436 g/mol. The number of aromatic amines is 1. The lowest BCUT2D eigenvalue weighted by atomic mass is 9.39. The SMILES string of the molecule is CC(C)(O)C1CCC2(C=O)C(CCC3(C)C2CCC2Cc4c([nH]c5ccccc45)C23C)O1. The molecule has 172 valence electrons. The molecule has 0 amide bonds. The van der Waals surface area contributed by atoms with Crippen molar-refractivity contribution in [2.75, 3.05) is 0 Å². The third kappa shape index (κ3) is 2.38. The van der Waals surface area contributed by atoms with Gasteiger partial charge < -0.3 is 19.6 Å². The minimum Gasteiger partial charge on any atom is -0.388 e. The molecule has 3 fully saturated rings. The van der Waals surface area contributed by atoms with Gasteiger partial charge in [-0.3, -0.25) is 0 Å². The van der Waals surface area contributed by atoms with E-state index in [2.05, 4.69) is 43.1 Å². The van der Waals surface area contributed by atoms with Crippen LogP contribution in [0.2, 0.25) is 0 Å². The first-order chi connectivity index (χ1) is 15.1. The summed E-state index contributed by atoms with van der Waals surface area (Å²) in [5.41, 5.74) is 2.97. The van der Waals surface area contributed by atoms with Gasteiger partial charge in [-0.2, -0.15) is 0 Å². The van der Waals surface area contributed by atoms with Gasteiger partial charge in [0.1, 0.15) is 6.29 Å². The van der Waals surface area contributed by atoms with Crippen LogP contribution in [0.25, 0.3) is 10.9 Å². The quantitative estimate of drug-likeness (QED) is 0.628. The Morgan fingerprint density at radius 3 is 2.66 bits per heavy atom. The summed E-state index contributed by atoms with van der Waals surface area (Å²) < 4.78 is 6.52. The number of carbonyl (C=O) groups is 1. The van der Waals surface area contributed by atoms with Crippen LogP contribution in [0.5, 0.6) is 0 Å². The molecule has 0 radical (unpaired) electrons. The molecule has 32 heavy (non-hydrogen) atoms. The second kappa shape index (κ2) is 6.48. The number of hydrogen-bond acceptors (Lipinski definition) is 3. The van der Waals surface area contributed by atoms with Gasteiger partial charge in [0.2, 0.25) is 0 Å². The van der Waals surface area contributed by atoms with Gasteiger partial charge in [0.25, 0.3) is 0 Å². The summed E-state index contributed by atoms with van der Waals surface area (Å²) in [7, 11) is 0. The topological polar surface area (TPSA) is 62.3 Å². The molecule has 6 rings (SSSR count). The molecule has 1 aromatic carbocycles. The first-order valence-electron chi connectivity index (χ1n) is 12.6. The van der Waals surface area contributed by atoms with Crippen molar-refractivity contribution in [2.45, 2.75) is 95.9 Å². The van der Waals surface area contributed by atoms with E-state index >= 15 is 0 Å². The van der Waals surface area contributed by atoms with Gasteiger partial charge >= 0.3 is 0 Å². The highest BCUT2D eigenvalue weighted by Crippen LogP contribution is 2.70.